The van der Waals surface area contributed by atoms with E-state index in [1.807, 2.05) is 0 Å². The molecule has 0 heterocycles. The number of phenols is 1. The van der Waals surface area contributed by atoms with Gasteiger partial charge in [-0.2, -0.15) is 0 Å². The summed E-state index contributed by atoms with van der Waals surface area (Å²) in [4.78, 5) is 26.2. The Bertz CT molecular complexity index is 944. The maximum Gasteiger partial charge on any atom is 0.204 e. The van der Waals surface area contributed by atoms with E-state index in [0.717, 1.165) is 0 Å². The summed E-state index contributed by atoms with van der Waals surface area (Å²) >= 11 is 0. The van der Waals surface area contributed by atoms with Crippen molar-refractivity contribution >= 4 is 11.6 Å². The van der Waals surface area contributed by atoms with E-state index >= 15 is 0 Å². The number of carbonyl (C=O) groups excluding carboxylic acids is 2. The molecule has 0 amide bonds. The van der Waals surface area contributed by atoms with Crippen LogP contribution in [-0.2, 0) is 0 Å². The Kier molecular flexibility index (Phi) is 4.23. The fourth-order valence-electron chi connectivity index (χ4n) is 3.28. The number of ether oxygens (including phenoxy) is 4. The lowest BCUT2D eigenvalue weighted by Crippen LogP contribution is -2.23. The van der Waals surface area contributed by atoms with E-state index in [4.69, 9.17) is 18.9 Å². The molecule has 0 bridgehead atoms. The normalized spacial score (nSPS) is 12.3. The highest BCUT2D eigenvalue weighted by molar-refractivity contribution is 6.31. The molecule has 0 atom stereocenters. The summed E-state index contributed by atoms with van der Waals surface area (Å²) in [6.45, 7) is 1.68. The molecule has 0 saturated carbocycles. The first kappa shape index (κ1) is 17.6. The topological polar surface area (TPSA) is 91.3 Å². The zero-order valence-electron chi connectivity index (χ0n) is 15.1. The molecule has 1 N–H and O–H groups in total. The Balaban J connectivity index is 2.41. The first-order chi connectivity index (χ1) is 12.4. The zero-order valence-corrected chi connectivity index (χ0v) is 15.1. The summed E-state index contributed by atoms with van der Waals surface area (Å²) in [6, 6.07) is 2.97. The number of aromatic hydroxyl groups is 1. The van der Waals surface area contributed by atoms with Crippen molar-refractivity contribution in [2.24, 2.45) is 0 Å². The molecule has 136 valence electrons. The van der Waals surface area contributed by atoms with Gasteiger partial charge in [0, 0.05) is 11.1 Å². The molecule has 0 fully saturated rings. The summed E-state index contributed by atoms with van der Waals surface area (Å²) in [6.07, 6.45) is 0. The Morgan fingerprint density at radius 1 is 0.731 bits per heavy atom. The van der Waals surface area contributed by atoms with Gasteiger partial charge in [-0.15, -0.1) is 0 Å². The van der Waals surface area contributed by atoms with E-state index in [0.29, 0.717) is 5.56 Å². The van der Waals surface area contributed by atoms with Crippen LogP contribution in [0.3, 0.4) is 0 Å². The van der Waals surface area contributed by atoms with E-state index in [9.17, 15) is 14.7 Å². The standard InChI is InChI=1S/C19H18O7/c1-8-6-9-12(16(22)17(8)24-3)15(21)13-10(14(9)20)7-11(23-2)18(25-4)19(13)26-5/h6-7,22H,1-5H3. The van der Waals surface area contributed by atoms with E-state index < -0.39 is 11.6 Å². The maximum absolute atomic E-state index is 13.2. The van der Waals surface area contributed by atoms with Crippen LogP contribution in [0.2, 0.25) is 0 Å². The smallest absolute Gasteiger partial charge is 0.204 e. The highest BCUT2D eigenvalue weighted by Gasteiger charge is 2.38. The second-order valence-electron chi connectivity index (χ2n) is 5.72. The van der Waals surface area contributed by atoms with E-state index in [1.165, 1.54) is 40.6 Å². The first-order valence-electron chi connectivity index (χ1n) is 7.74. The highest BCUT2D eigenvalue weighted by atomic mass is 16.5. The predicted molar refractivity (Wildman–Crippen MR) is 92.4 cm³/mol. The van der Waals surface area contributed by atoms with Crippen molar-refractivity contribution in [1.82, 2.24) is 0 Å². The van der Waals surface area contributed by atoms with Gasteiger partial charge in [-0.1, -0.05) is 0 Å². The van der Waals surface area contributed by atoms with Crippen molar-refractivity contribution < 1.29 is 33.6 Å². The highest BCUT2D eigenvalue weighted by Crippen LogP contribution is 2.48. The first-order valence-corrected chi connectivity index (χ1v) is 7.74. The van der Waals surface area contributed by atoms with Gasteiger partial charge in [-0.05, 0) is 24.6 Å². The molecular formula is C19H18O7. The Morgan fingerprint density at radius 3 is 1.85 bits per heavy atom. The van der Waals surface area contributed by atoms with Crippen LogP contribution in [0.1, 0.15) is 37.4 Å². The largest absolute Gasteiger partial charge is 0.504 e. The van der Waals surface area contributed by atoms with Crippen LogP contribution in [0.5, 0.6) is 28.7 Å². The van der Waals surface area contributed by atoms with Crippen molar-refractivity contribution in [3.63, 3.8) is 0 Å². The number of benzene rings is 2. The predicted octanol–water partition coefficient (Wildman–Crippen LogP) is 2.51. The van der Waals surface area contributed by atoms with Crippen LogP contribution >= 0.6 is 0 Å². The van der Waals surface area contributed by atoms with Crippen molar-refractivity contribution in [2.75, 3.05) is 28.4 Å². The number of methoxy groups -OCH3 is 4. The molecule has 0 saturated heterocycles. The summed E-state index contributed by atoms with van der Waals surface area (Å²) in [5.41, 5.74) is 0.675. The molecule has 0 unspecified atom stereocenters. The average Bonchev–Trinajstić information content (AvgIpc) is 2.63. The van der Waals surface area contributed by atoms with Crippen LogP contribution in [-0.4, -0.2) is 45.1 Å². The number of phenolic OH excluding ortho intramolecular Hbond substituents is 1. The fourth-order valence-corrected chi connectivity index (χ4v) is 3.28. The zero-order chi connectivity index (χ0) is 19.2. The second kappa shape index (κ2) is 6.25. The Morgan fingerprint density at radius 2 is 1.31 bits per heavy atom. The van der Waals surface area contributed by atoms with Crippen LogP contribution in [0, 0.1) is 6.92 Å². The van der Waals surface area contributed by atoms with Gasteiger partial charge < -0.3 is 24.1 Å². The maximum atomic E-state index is 13.2. The van der Waals surface area contributed by atoms with Crippen molar-refractivity contribution in [2.45, 2.75) is 6.92 Å². The van der Waals surface area contributed by atoms with Gasteiger partial charge in [-0.3, -0.25) is 9.59 Å². The van der Waals surface area contributed by atoms with E-state index in [2.05, 4.69) is 0 Å². The van der Waals surface area contributed by atoms with Crippen LogP contribution < -0.4 is 18.9 Å². The van der Waals surface area contributed by atoms with Crippen molar-refractivity contribution in [3.05, 3.63) is 39.9 Å². The minimum atomic E-state index is -0.553. The third kappa shape index (κ3) is 2.20. The van der Waals surface area contributed by atoms with Crippen LogP contribution in [0.4, 0.5) is 0 Å². The van der Waals surface area contributed by atoms with Gasteiger partial charge in [0.2, 0.25) is 11.5 Å². The van der Waals surface area contributed by atoms with Crippen molar-refractivity contribution in [3.8, 4) is 28.7 Å². The van der Waals surface area contributed by atoms with Crippen LogP contribution in [0.15, 0.2) is 12.1 Å². The van der Waals surface area contributed by atoms with Gasteiger partial charge in [-0.25, -0.2) is 0 Å². The van der Waals surface area contributed by atoms with E-state index in [-0.39, 0.29) is 51.0 Å². The molecule has 3 rings (SSSR count). The minimum Gasteiger partial charge on any atom is -0.504 e. The number of hydrogen-bond donors (Lipinski definition) is 1. The molecule has 1 aliphatic rings. The third-order valence-electron chi connectivity index (χ3n) is 4.42. The second-order valence-corrected chi connectivity index (χ2v) is 5.72. The number of rotatable bonds is 4. The summed E-state index contributed by atoms with van der Waals surface area (Å²) in [5, 5.41) is 10.5. The summed E-state index contributed by atoms with van der Waals surface area (Å²) in [5.74, 6) is -0.668. The molecule has 0 aromatic heterocycles. The Labute approximate surface area is 150 Å². The SMILES string of the molecule is COc1cc2c(c(OC)c1OC)C(=O)c1c(cc(C)c(OC)c1O)C2=O. The molecule has 26 heavy (non-hydrogen) atoms. The average molecular weight is 358 g/mol. The molecule has 7 nitrogen and oxygen atoms in total. The minimum absolute atomic E-state index is 0.0175. The monoisotopic (exact) mass is 358 g/mol. The fraction of sp³-hybridized carbons (Fsp3) is 0.263. The van der Waals surface area contributed by atoms with Crippen LogP contribution in [0.25, 0.3) is 0 Å². The lowest BCUT2D eigenvalue weighted by atomic mass is 9.81. The van der Waals surface area contributed by atoms with Gasteiger partial charge in [0.25, 0.3) is 0 Å². The summed E-state index contributed by atoms with van der Waals surface area (Å²) in [7, 11) is 5.57. The van der Waals surface area contributed by atoms with Crippen molar-refractivity contribution in [1.29, 1.82) is 0 Å². The third-order valence-corrected chi connectivity index (χ3v) is 4.42. The van der Waals surface area contributed by atoms with Gasteiger partial charge >= 0.3 is 0 Å². The number of ketones is 2. The molecule has 0 radical (unpaired) electrons. The number of carbonyl (C=O) groups is 2. The quantitative estimate of drug-likeness (QED) is 0.766. The van der Waals surface area contributed by atoms with E-state index in [1.54, 1.807) is 6.92 Å². The lowest BCUT2D eigenvalue weighted by Gasteiger charge is -2.24. The molecule has 7 heteroatoms. The molecule has 2 aromatic rings. The molecule has 0 spiro atoms. The molecule has 1 aliphatic carbocycles. The molecule has 0 aliphatic heterocycles. The number of hydrogen-bond acceptors (Lipinski definition) is 7. The molecular weight excluding hydrogens is 340 g/mol. The van der Waals surface area contributed by atoms with Gasteiger partial charge in [0.1, 0.15) is 0 Å². The number of fused-ring (bicyclic) bond motifs is 2. The Hall–Kier alpha value is -3.22. The molecule has 2 aromatic carbocycles. The number of aryl methyl sites for hydroxylation is 1. The lowest BCUT2D eigenvalue weighted by molar-refractivity contribution is 0.0972. The summed E-state index contributed by atoms with van der Waals surface area (Å²) < 4.78 is 21.1. The van der Waals surface area contributed by atoms with Gasteiger partial charge in [0.05, 0.1) is 39.6 Å². The van der Waals surface area contributed by atoms with Gasteiger partial charge in [0.15, 0.2) is 28.8 Å².